The van der Waals surface area contributed by atoms with Crippen molar-refractivity contribution < 1.29 is 23.5 Å². The van der Waals surface area contributed by atoms with E-state index >= 15 is 0 Å². The number of hydrogen-bond acceptors (Lipinski definition) is 4. The number of rotatable bonds is 6. The van der Waals surface area contributed by atoms with Crippen LogP contribution in [-0.2, 0) is 9.53 Å². The maximum absolute atomic E-state index is 13.6. The number of hydrogen-bond donors (Lipinski definition) is 2. The van der Waals surface area contributed by atoms with E-state index in [1.807, 2.05) is 19.1 Å². The predicted octanol–water partition coefficient (Wildman–Crippen LogP) is 5.08. The van der Waals surface area contributed by atoms with Crippen molar-refractivity contribution in [3.05, 3.63) is 59.4 Å². The Bertz CT molecular complexity index is 902. The van der Waals surface area contributed by atoms with Gasteiger partial charge in [0.25, 0.3) is 0 Å². The summed E-state index contributed by atoms with van der Waals surface area (Å²) in [5, 5.41) is 5.02. The molecule has 0 saturated heterocycles. The first-order valence-electron chi connectivity index (χ1n) is 9.23. The number of carbonyl (C=O) groups is 3. The summed E-state index contributed by atoms with van der Waals surface area (Å²) in [6, 6.07) is 10.7. The molecule has 154 valence electrons. The largest absolute Gasteiger partial charge is 0.444 e. The molecule has 0 aliphatic carbocycles. The molecule has 6 nitrogen and oxygen atoms in total. The third-order valence-corrected chi connectivity index (χ3v) is 3.84. The monoisotopic (exact) mass is 400 g/mol. The molecule has 2 amide bonds. The number of benzene rings is 2. The summed E-state index contributed by atoms with van der Waals surface area (Å²) in [6.45, 7) is 7.06. The second-order valence-electron chi connectivity index (χ2n) is 7.65. The Morgan fingerprint density at radius 3 is 2.21 bits per heavy atom. The fourth-order valence-corrected chi connectivity index (χ4v) is 2.47. The van der Waals surface area contributed by atoms with E-state index in [2.05, 4.69) is 10.6 Å². The number of Topliss-reactive ketones (excluding diaryl/α,β-unsaturated/α-hetero) is 1. The topological polar surface area (TPSA) is 84.5 Å². The summed E-state index contributed by atoms with van der Waals surface area (Å²) in [7, 11) is 0. The number of ether oxygens (including phenoxy) is 1. The Balaban J connectivity index is 2.00. The molecule has 0 aliphatic rings. The Hall–Kier alpha value is -3.22. The predicted molar refractivity (Wildman–Crippen MR) is 110 cm³/mol. The average molecular weight is 400 g/mol. The van der Waals surface area contributed by atoms with Gasteiger partial charge in [-0.15, -0.1) is 0 Å². The van der Waals surface area contributed by atoms with E-state index in [0.29, 0.717) is 5.56 Å². The van der Waals surface area contributed by atoms with Crippen LogP contribution < -0.4 is 10.6 Å². The molecule has 0 saturated carbocycles. The Kier molecular flexibility index (Phi) is 7.09. The van der Waals surface area contributed by atoms with Gasteiger partial charge >= 0.3 is 6.09 Å². The average Bonchev–Trinajstić information content (AvgIpc) is 2.61. The van der Waals surface area contributed by atoms with Gasteiger partial charge in [0.05, 0.1) is 11.4 Å². The quantitative estimate of drug-likeness (QED) is 0.662. The van der Waals surface area contributed by atoms with E-state index in [1.54, 1.807) is 32.9 Å². The zero-order chi connectivity index (χ0) is 21.6. The summed E-state index contributed by atoms with van der Waals surface area (Å²) in [5.41, 5.74) is 1.14. The van der Waals surface area contributed by atoms with Crippen molar-refractivity contribution >= 4 is 29.2 Å². The van der Waals surface area contributed by atoms with Crippen LogP contribution in [0.5, 0.6) is 0 Å². The lowest BCUT2D eigenvalue weighted by Crippen LogP contribution is -2.27. The highest BCUT2D eigenvalue weighted by Crippen LogP contribution is 2.24. The van der Waals surface area contributed by atoms with Crippen LogP contribution in [0.4, 0.5) is 20.6 Å². The van der Waals surface area contributed by atoms with Crippen molar-refractivity contribution in [1.29, 1.82) is 0 Å². The van der Waals surface area contributed by atoms with Gasteiger partial charge in [-0.05, 0) is 45.9 Å². The second kappa shape index (κ2) is 9.32. The van der Waals surface area contributed by atoms with Crippen LogP contribution in [0.3, 0.4) is 0 Å². The number of aryl methyl sites for hydroxylation is 1. The van der Waals surface area contributed by atoms with Gasteiger partial charge in [-0.2, -0.15) is 0 Å². The maximum Gasteiger partial charge on any atom is 0.412 e. The molecule has 2 rings (SSSR count). The van der Waals surface area contributed by atoms with Gasteiger partial charge < -0.3 is 10.1 Å². The van der Waals surface area contributed by atoms with Gasteiger partial charge in [-0.3, -0.25) is 14.9 Å². The minimum atomic E-state index is -0.728. The van der Waals surface area contributed by atoms with E-state index in [1.165, 1.54) is 6.07 Å². The normalized spacial score (nSPS) is 10.9. The van der Waals surface area contributed by atoms with Crippen LogP contribution in [0, 0.1) is 12.7 Å². The van der Waals surface area contributed by atoms with Crippen LogP contribution in [-0.4, -0.2) is 23.4 Å². The van der Waals surface area contributed by atoms with Crippen molar-refractivity contribution in [2.24, 2.45) is 0 Å². The van der Waals surface area contributed by atoms with E-state index < -0.39 is 23.4 Å². The van der Waals surface area contributed by atoms with Crippen molar-refractivity contribution in [3.63, 3.8) is 0 Å². The molecule has 0 unspecified atom stereocenters. The number of nitrogens with one attached hydrogen (secondary N) is 2. The van der Waals surface area contributed by atoms with Crippen molar-refractivity contribution in [2.45, 2.75) is 46.1 Å². The fourth-order valence-electron chi connectivity index (χ4n) is 2.47. The molecule has 0 heterocycles. The van der Waals surface area contributed by atoms with Crippen molar-refractivity contribution in [3.8, 4) is 0 Å². The first-order valence-corrected chi connectivity index (χ1v) is 9.23. The number of amides is 2. The van der Waals surface area contributed by atoms with Gasteiger partial charge in [0.2, 0.25) is 5.91 Å². The summed E-state index contributed by atoms with van der Waals surface area (Å²) in [4.78, 5) is 36.4. The smallest absolute Gasteiger partial charge is 0.412 e. The van der Waals surface area contributed by atoms with Crippen molar-refractivity contribution in [2.75, 3.05) is 10.6 Å². The molecular weight excluding hydrogens is 375 g/mol. The van der Waals surface area contributed by atoms with Crippen LogP contribution in [0.25, 0.3) is 0 Å². The third kappa shape index (κ3) is 7.37. The lowest BCUT2D eigenvalue weighted by molar-refractivity contribution is -0.116. The molecule has 0 fully saturated rings. The van der Waals surface area contributed by atoms with Crippen LogP contribution in [0.1, 0.15) is 49.5 Å². The summed E-state index contributed by atoms with van der Waals surface area (Å²) in [5.74, 6) is -1.21. The van der Waals surface area contributed by atoms with Crippen LogP contribution in [0.2, 0.25) is 0 Å². The molecule has 0 radical (unpaired) electrons. The number of carbonyl (C=O) groups excluding carboxylic acids is 3. The summed E-state index contributed by atoms with van der Waals surface area (Å²) < 4.78 is 18.8. The Morgan fingerprint density at radius 1 is 0.931 bits per heavy atom. The standard InChI is InChI=1S/C22H25FN2O4/c1-14-5-7-15(8-6-14)19(26)11-12-20(27)24-18-13-16(23)9-10-17(18)25-21(28)29-22(2,3)4/h5-10,13H,11-12H2,1-4H3,(H,24,27)(H,25,28). The molecule has 2 aromatic rings. The van der Waals surface area contributed by atoms with Gasteiger partial charge in [-0.1, -0.05) is 29.8 Å². The maximum atomic E-state index is 13.6. The van der Waals surface area contributed by atoms with Crippen LogP contribution >= 0.6 is 0 Å². The fraction of sp³-hybridized carbons (Fsp3) is 0.318. The van der Waals surface area contributed by atoms with E-state index in [0.717, 1.165) is 17.7 Å². The molecule has 0 spiro atoms. The highest BCUT2D eigenvalue weighted by atomic mass is 19.1. The van der Waals surface area contributed by atoms with Gasteiger partial charge in [0.1, 0.15) is 11.4 Å². The zero-order valence-electron chi connectivity index (χ0n) is 17.0. The van der Waals surface area contributed by atoms with E-state index in [4.69, 9.17) is 4.74 Å². The Morgan fingerprint density at radius 2 is 1.59 bits per heavy atom. The molecule has 0 bridgehead atoms. The first-order chi connectivity index (χ1) is 13.5. The number of ketones is 1. The lowest BCUT2D eigenvalue weighted by Gasteiger charge is -2.20. The minimum absolute atomic E-state index is 0.0129. The Labute approximate surface area is 169 Å². The molecule has 7 heteroatoms. The number of anilines is 2. The molecule has 0 atom stereocenters. The highest BCUT2D eigenvalue weighted by Gasteiger charge is 2.18. The molecule has 29 heavy (non-hydrogen) atoms. The molecular formula is C22H25FN2O4. The lowest BCUT2D eigenvalue weighted by atomic mass is 10.0. The molecule has 2 N–H and O–H groups in total. The molecule has 2 aromatic carbocycles. The third-order valence-electron chi connectivity index (χ3n) is 3.84. The summed E-state index contributed by atoms with van der Waals surface area (Å²) in [6.07, 6.45) is -0.789. The first kappa shape index (κ1) is 22.1. The summed E-state index contributed by atoms with van der Waals surface area (Å²) >= 11 is 0. The van der Waals surface area contributed by atoms with Crippen LogP contribution in [0.15, 0.2) is 42.5 Å². The molecule has 0 aliphatic heterocycles. The second-order valence-corrected chi connectivity index (χ2v) is 7.65. The highest BCUT2D eigenvalue weighted by molar-refractivity contribution is 6.01. The minimum Gasteiger partial charge on any atom is -0.444 e. The number of halogens is 1. The zero-order valence-corrected chi connectivity index (χ0v) is 17.0. The van der Waals surface area contributed by atoms with Gasteiger partial charge in [-0.25, -0.2) is 9.18 Å². The van der Waals surface area contributed by atoms with Gasteiger partial charge in [0, 0.05) is 18.4 Å². The van der Waals surface area contributed by atoms with E-state index in [9.17, 15) is 18.8 Å². The SMILES string of the molecule is Cc1ccc(C(=O)CCC(=O)Nc2cc(F)ccc2NC(=O)OC(C)(C)C)cc1. The van der Waals surface area contributed by atoms with Crippen molar-refractivity contribution in [1.82, 2.24) is 0 Å². The van der Waals surface area contributed by atoms with E-state index in [-0.39, 0.29) is 30.0 Å². The van der Waals surface area contributed by atoms with Gasteiger partial charge in [0.15, 0.2) is 5.78 Å². The molecule has 0 aromatic heterocycles.